The van der Waals surface area contributed by atoms with Gasteiger partial charge in [-0.1, -0.05) is 78.4 Å². The maximum Gasteiger partial charge on any atom is 0.0702 e. The van der Waals surface area contributed by atoms with Gasteiger partial charge in [0.15, 0.2) is 0 Å². The highest BCUT2D eigenvalue weighted by molar-refractivity contribution is 6.39. The Morgan fingerprint density at radius 1 is 0.727 bits per heavy atom. The zero-order valence-corrected chi connectivity index (χ0v) is 12.5. The molecule has 0 bridgehead atoms. The van der Waals surface area contributed by atoms with Gasteiger partial charge in [0.05, 0.1) is 21.4 Å². The molecule has 1 heterocycles. The molecule has 102 valence electrons. The third kappa shape index (κ3) is 3.14. The average Bonchev–Trinajstić information content (AvgIpc) is 2.55. The summed E-state index contributed by atoms with van der Waals surface area (Å²) in [5, 5.41) is -0.812. The van der Waals surface area contributed by atoms with E-state index < -0.39 is 5.21 Å². The molecular weight excluding hydrogens is 264 g/mol. The molecule has 0 N–H and O–H groups in total. The molecule has 1 nitrogen and oxygen atoms in total. The van der Waals surface area contributed by atoms with Crippen molar-refractivity contribution >= 4 is 15.7 Å². The topological polar surface area (TPSA) is 12.9 Å². The Morgan fingerprint density at radius 3 is 1.91 bits per heavy atom. The lowest BCUT2D eigenvalue weighted by Gasteiger charge is -2.20. The van der Waals surface area contributed by atoms with Gasteiger partial charge in [-0.25, -0.2) is 0 Å². The summed E-state index contributed by atoms with van der Waals surface area (Å²) >= 11 is 0. The van der Waals surface area contributed by atoms with E-state index in [9.17, 15) is 0 Å². The van der Waals surface area contributed by atoms with Crippen molar-refractivity contribution in [3.63, 3.8) is 0 Å². The Labute approximate surface area is 134 Å². The van der Waals surface area contributed by atoms with Crippen LogP contribution in [0.4, 0.5) is 0 Å². The molecule has 1 aromatic heterocycles. The molecule has 0 aliphatic heterocycles. The third-order valence-electron chi connectivity index (χ3n) is 3.67. The van der Waals surface area contributed by atoms with Gasteiger partial charge in [-0.2, -0.15) is 0 Å². The van der Waals surface area contributed by atoms with E-state index in [0.29, 0.717) is 0 Å². The predicted molar refractivity (Wildman–Crippen MR) is 94.0 cm³/mol. The fourth-order valence-electron chi connectivity index (χ4n) is 2.37. The first-order valence-corrected chi connectivity index (χ1v) is 7.24. The number of rotatable bonds is 3. The van der Waals surface area contributed by atoms with E-state index in [4.69, 9.17) is 15.7 Å². The minimum atomic E-state index is -0.812. The second kappa shape index (κ2) is 5.84. The molecule has 3 aromatic rings. The van der Waals surface area contributed by atoms with Gasteiger partial charge < -0.3 is 0 Å². The normalized spacial score (nSPS) is 11.3. The number of nitrogens with zero attached hydrogens (tertiary/aromatic N) is 1. The van der Waals surface area contributed by atoms with Crippen LogP contribution in [0.3, 0.4) is 0 Å². The summed E-state index contributed by atoms with van der Waals surface area (Å²) in [6.45, 7) is 1.79. The summed E-state index contributed by atoms with van der Waals surface area (Å²) < 4.78 is 0. The Morgan fingerprint density at radius 2 is 1.36 bits per heavy atom. The molecule has 0 aliphatic carbocycles. The van der Waals surface area contributed by atoms with Crippen LogP contribution in [-0.4, -0.2) is 20.7 Å². The van der Waals surface area contributed by atoms with Gasteiger partial charge >= 0.3 is 0 Å². The zero-order chi connectivity index (χ0) is 15.6. The Hall–Kier alpha value is -2.28. The van der Waals surface area contributed by atoms with Crippen LogP contribution in [0.2, 0.25) is 0 Å². The van der Waals surface area contributed by atoms with Crippen molar-refractivity contribution in [3.8, 4) is 22.4 Å². The van der Waals surface area contributed by atoms with E-state index in [-0.39, 0.29) is 0 Å². The van der Waals surface area contributed by atoms with Gasteiger partial charge in [0.25, 0.3) is 0 Å². The van der Waals surface area contributed by atoms with E-state index in [2.05, 4.69) is 23.2 Å². The van der Waals surface area contributed by atoms with Gasteiger partial charge in [-0.3, -0.25) is 4.98 Å². The third-order valence-corrected chi connectivity index (χ3v) is 3.67. The van der Waals surface area contributed by atoms with Crippen LogP contribution in [0.1, 0.15) is 12.5 Å². The van der Waals surface area contributed by atoms with Crippen LogP contribution in [0, 0.1) is 0 Å². The molecule has 0 aliphatic rings. The summed E-state index contributed by atoms with van der Waals surface area (Å²) in [6.07, 6.45) is 1.89. The van der Waals surface area contributed by atoms with Gasteiger partial charge in [-0.05, 0) is 11.6 Å². The van der Waals surface area contributed by atoms with Crippen molar-refractivity contribution < 1.29 is 0 Å². The quantitative estimate of drug-likeness (QED) is 0.662. The molecule has 0 spiro atoms. The highest BCUT2D eigenvalue weighted by Gasteiger charge is 2.12. The van der Waals surface area contributed by atoms with E-state index in [1.807, 2.05) is 54.7 Å². The van der Waals surface area contributed by atoms with Crippen molar-refractivity contribution in [2.24, 2.45) is 0 Å². The fourth-order valence-corrected chi connectivity index (χ4v) is 2.37. The van der Waals surface area contributed by atoms with Gasteiger partial charge in [0.2, 0.25) is 0 Å². The first kappa shape index (κ1) is 14.6. The first-order valence-electron chi connectivity index (χ1n) is 7.24. The second-order valence-electron chi connectivity index (χ2n) is 5.66. The first-order chi connectivity index (χ1) is 10.5. The van der Waals surface area contributed by atoms with Crippen molar-refractivity contribution in [2.45, 2.75) is 12.1 Å². The SMILES string of the molecule is [B]C([B])(C)c1ccc(-c2ccc(-c3ccccc3)nc2)cc1. The van der Waals surface area contributed by atoms with Gasteiger partial charge in [0, 0.05) is 17.3 Å². The van der Waals surface area contributed by atoms with Crippen LogP contribution in [0.5, 0.6) is 0 Å². The molecular formula is C19H15B2N. The van der Waals surface area contributed by atoms with Crippen molar-refractivity contribution in [1.82, 2.24) is 4.98 Å². The molecule has 0 amide bonds. The average molecular weight is 279 g/mol. The number of aromatic nitrogens is 1. The minimum Gasteiger partial charge on any atom is -0.256 e. The number of benzene rings is 2. The molecule has 0 fully saturated rings. The predicted octanol–water partition coefficient (Wildman–Crippen LogP) is 3.93. The van der Waals surface area contributed by atoms with E-state index in [0.717, 1.165) is 27.9 Å². The summed E-state index contributed by atoms with van der Waals surface area (Å²) in [5.41, 5.74) is 5.16. The molecule has 3 rings (SSSR count). The summed E-state index contributed by atoms with van der Waals surface area (Å²) in [6, 6.07) is 22.2. The molecule has 2 aromatic carbocycles. The number of hydrogen-bond donors (Lipinski definition) is 0. The van der Waals surface area contributed by atoms with Crippen LogP contribution in [0.25, 0.3) is 22.4 Å². The second-order valence-corrected chi connectivity index (χ2v) is 5.66. The Bertz CT molecular complexity index is 742. The number of hydrogen-bond acceptors (Lipinski definition) is 1. The van der Waals surface area contributed by atoms with E-state index >= 15 is 0 Å². The van der Waals surface area contributed by atoms with Crippen LogP contribution >= 0.6 is 0 Å². The molecule has 3 heteroatoms. The lowest BCUT2D eigenvalue weighted by atomic mass is 9.52. The zero-order valence-electron chi connectivity index (χ0n) is 12.5. The fraction of sp³-hybridized carbons (Fsp3) is 0.105. The van der Waals surface area contributed by atoms with E-state index in [1.54, 1.807) is 6.92 Å². The van der Waals surface area contributed by atoms with Crippen LogP contribution in [0.15, 0.2) is 72.9 Å². The van der Waals surface area contributed by atoms with Gasteiger partial charge in [0.1, 0.15) is 0 Å². The summed E-state index contributed by atoms with van der Waals surface area (Å²) in [5.74, 6) is 0. The summed E-state index contributed by atoms with van der Waals surface area (Å²) in [4.78, 5) is 4.55. The molecule has 0 atom stereocenters. The molecule has 0 saturated heterocycles. The lowest BCUT2D eigenvalue weighted by molar-refractivity contribution is 0.973. The van der Waals surface area contributed by atoms with Crippen molar-refractivity contribution in [2.75, 3.05) is 0 Å². The molecule has 0 unspecified atom stereocenters. The van der Waals surface area contributed by atoms with Gasteiger partial charge in [-0.15, -0.1) is 0 Å². The van der Waals surface area contributed by atoms with Crippen LogP contribution < -0.4 is 0 Å². The van der Waals surface area contributed by atoms with Crippen LogP contribution in [-0.2, 0) is 5.21 Å². The largest absolute Gasteiger partial charge is 0.256 e. The highest BCUT2D eigenvalue weighted by atomic mass is 14.7. The smallest absolute Gasteiger partial charge is 0.0702 e. The lowest BCUT2D eigenvalue weighted by Crippen LogP contribution is -2.21. The van der Waals surface area contributed by atoms with Crippen molar-refractivity contribution in [1.29, 1.82) is 0 Å². The maximum atomic E-state index is 5.90. The highest BCUT2D eigenvalue weighted by Crippen LogP contribution is 2.24. The minimum absolute atomic E-state index is 0.812. The monoisotopic (exact) mass is 279 g/mol. The number of pyridine rings is 1. The summed E-state index contributed by atoms with van der Waals surface area (Å²) in [7, 11) is 11.8. The Kier molecular flexibility index (Phi) is 3.89. The Balaban J connectivity index is 1.87. The van der Waals surface area contributed by atoms with Crippen molar-refractivity contribution in [3.05, 3.63) is 78.5 Å². The molecule has 22 heavy (non-hydrogen) atoms. The van der Waals surface area contributed by atoms with E-state index in [1.165, 1.54) is 0 Å². The standard InChI is InChI=1S/C19H15B2N/c1-19(20,21)17-10-7-14(8-11-17)16-9-12-18(22-13-16)15-5-3-2-4-6-15/h2-13H,1H3. The molecule has 0 saturated carbocycles. The molecule has 4 radical (unpaired) electrons. The maximum absolute atomic E-state index is 5.90.